The van der Waals surface area contributed by atoms with Crippen LogP contribution in [0.3, 0.4) is 0 Å². The normalized spacial score (nSPS) is 17.9. The molecule has 1 aromatic carbocycles. The first-order valence-corrected chi connectivity index (χ1v) is 11.0. The van der Waals surface area contributed by atoms with Crippen molar-refractivity contribution in [2.24, 2.45) is 0 Å². The van der Waals surface area contributed by atoms with Crippen molar-refractivity contribution in [3.05, 3.63) is 47.4 Å². The summed E-state index contributed by atoms with van der Waals surface area (Å²) in [6.45, 7) is 3.80. The molecule has 1 atom stereocenters. The molecule has 0 radical (unpaired) electrons. The molecule has 1 aromatic heterocycles. The minimum Gasteiger partial charge on any atom is -0.451 e. The fourth-order valence-corrected chi connectivity index (χ4v) is 4.50. The highest BCUT2D eigenvalue weighted by molar-refractivity contribution is 7.87. The number of methoxy groups -OCH3 is 1. The Bertz CT molecular complexity index is 1010. The molecule has 2 aromatic rings. The molecule has 2 heterocycles. The van der Waals surface area contributed by atoms with Crippen LogP contribution in [0.5, 0.6) is 0 Å². The zero-order chi connectivity index (χ0) is 22.6. The molecule has 10 nitrogen and oxygen atoms in total. The Morgan fingerprint density at radius 3 is 2.81 bits per heavy atom. The van der Waals surface area contributed by atoms with Crippen molar-refractivity contribution < 1.29 is 31.5 Å². The van der Waals surface area contributed by atoms with Gasteiger partial charge in [0.25, 0.3) is 0 Å². The van der Waals surface area contributed by atoms with Gasteiger partial charge in [-0.15, -0.1) is 4.41 Å². The van der Waals surface area contributed by atoms with E-state index >= 15 is 0 Å². The first kappa shape index (κ1) is 23.1. The summed E-state index contributed by atoms with van der Waals surface area (Å²) in [7, 11) is -2.80. The summed E-state index contributed by atoms with van der Waals surface area (Å²) in [6.07, 6.45) is 2.23. The number of benzene rings is 1. The number of aryl methyl sites for hydroxylation is 2. The van der Waals surface area contributed by atoms with Gasteiger partial charge < -0.3 is 13.9 Å². The molecular weight excluding hydrogens is 431 g/mol. The predicted molar refractivity (Wildman–Crippen MR) is 109 cm³/mol. The van der Waals surface area contributed by atoms with Crippen LogP contribution in [0, 0.1) is 19.7 Å². The summed E-state index contributed by atoms with van der Waals surface area (Å²) >= 11 is 0. The second-order valence-electron chi connectivity index (χ2n) is 7.11. The molecule has 12 heteroatoms. The number of carbonyl (C=O) groups is 1. The van der Waals surface area contributed by atoms with Crippen LogP contribution in [0.15, 0.2) is 29.2 Å². The standard InChI is InChI=1S/C19H25FN4O6S/c1-13-9-17(14(2)8-16(13)20)22-24(19(25)18-11-29-12-21-18)31(26,27)23-5-4-15(10-28-3)30-7-6-23/h8-9,11-12,15,22H,4-7,10H2,1-3H3/t15-/m0/s1. The Hall–Kier alpha value is -2.54. The van der Waals surface area contributed by atoms with E-state index in [0.717, 1.165) is 17.0 Å². The topological polar surface area (TPSA) is 114 Å². The predicted octanol–water partition coefficient (Wildman–Crippen LogP) is 1.88. The van der Waals surface area contributed by atoms with Crippen LogP contribution in [-0.2, 0) is 19.7 Å². The minimum absolute atomic E-state index is 0.0499. The Morgan fingerprint density at radius 1 is 1.35 bits per heavy atom. The molecule has 1 aliphatic rings. The van der Waals surface area contributed by atoms with E-state index in [1.165, 1.54) is 19.2 Å². The van der Waals surface area contributed by atoms with Crippen LogP contribution in [0.4, 0.5) is 10.1 Å². The van der Waals surface area contributed by atoms with Gasteiger partial charge in [-0.2, -0.15) is 12.7 Å². The molecule has 0 aliphatic carbocycles. The lowest BCUT2D eigenvalue weighted by atomic mass is 10.1. The summed E-state index contributed by atoms with van der Waals surface area (Å²) in [5.41, 5.74) is 3.43. The summed E-state index contributed by atoms with van der Waals surface area (Å²) in [4.78, 5) is 16.8. The van der Waals surface area contributed by atoms with Crippen LogP contribution in [0.25, 0.3) is 0 Å². The first-order chi connectivity index (χ1) is 14.7. The molecule has 1 N–H and O–H groups in total. The van der Waals surface area contributed by atoms with Crippen molar-refractivity contribution in [2.75, 3.05) is 38.8 Å². The van der Waals surface area contributed by atoms with Crippen molar-refractivity contribution in [1.29, 1.82) is 0 Å². The van der Waals surface area contributed by atoms with Gasteiger partial charge in [0.15, 0.2) is 12.1 Å². The summed E-state index contributed by atoms with van der Waals surface area (Å²) < 4.78 is 58.0. The van der Waals surface area contributed by atoms with Crippen molar-refractivity contribution in [3.63, 3.8) is 0 Å². The van der Waals surface area contributed by atoms with Gasteiger partial charge in [0, 0.05) is 20.2 Å². The number of nitrogens with one attached hydrogen (secondary N) is 1. The SMILES string of the molecule is COC[C@@H]1CCN(S(=O)(=O)N(Nc2cc(C)c(F)cc2C)C(=O)c2cocn2)CCO1. The van der Waals surface area contributed by atoms with Gasteiger partial charge in [-0.05, 0) is 43.5 Å². The monoisotopic (exact) mass is 456 g/mol. The van der Waals surface area contributed by atoms with E-state index < -0.39 is 21.9 Å². The van der Waals surface area contributed by atoms with Crippen LogP contribution in [0.1, 0.15) is 28.0 Å². The molecule has 0 unspecified atom stereocenters. The number of rotatable bonds is 7. The number of hydrogen-bond donors (Lipinski definition) is 1. The average molecular weight is 456 g/mol. The Balaban J connectivity index is 1.94. The fraction of sp³-hybridized carbons (Fsp3) is 0.474. The van der Waals surface area contributed by atoms with Crippen LogP contribution < -0.4 is 5.43 Å². The van der Waals surface area contributed by atoms with Crippen LogP contribution in [0.2, 0.25) is 0 Å². The average Bonchev–Trinajstić information content (AvgIpc) is 3.16. The molecule has 3 rings (SSSR count). The van der Waals surface area contributed by atoms with Gasteiger partial charge in [-0.3, -0.25) is 10.2 Å². The van der Waals surface area contributed by atoms with Gasteiger partial charge >= 0.3 is 16.1 Å². The lowest BCUT2D eigenvalue weighted by Gasteiger charge is -2.29. The minimum atomic E-state index is -4.34. The number of carbonyl (C=O) groups excluding carboxylic acids is 1. The summed E-state index contributed by atoms with van der Waals surface area (Å²) in [6, 6.07) is 2.70. The number of oxazole rings is 1. The highest BCUT2D eigenvalue weighted by atomic mass is 32.2. The third-order valence-corrected chi connectivity index (χ3v) is 6.60. The maximum atomic E-state index is 13.9. The number of ether oxygens (including phenoxy) is 2. The molecule has 0 spiro atoms. The number of nitrogens with zero attached hydrogens (tertiary/aromatic N) is 3. The number of anilines is 1. The van der Waals surface area contributed by atoms with Gasteiger partial charge in [0.1, 0.15) is 12.1 Å². The van der Waals surface area contributed by atoms with Gasteiger partial charge in [0.2, 0.25) is 0 Å². The van der Waals surface area contributed by atoms with E-state index in [4.69, 9.17) is 13.9 Å². The van der Waals surface area contributed by atoms with E-state index in [1.807, 2.05) is 0 Å². The van der Waals surface area contributed by atoms with Gasteiger partial charge in [0.05, 0.1) is 25.0 Å². The van der Waals surface area contributed by atoms with E-state index in [0.29, 0.717) is 28.6 Å². The number of hydrogen-bond acceptors (Lipinski definition) is 8. The van der Waals surface area contributed by atoms with Crippen LogP contribution in [-0.4, -0.2) is 67.5 Å². The summed E-state index contributed by atoms with van der Waals surface area (Å²) in [5, 5.41) is 0. The highest BCUT2D eigenvalue weighted by Gasteiger charge is 2.37. The third-order valence-electron chi connectivity index (χ3n) is 4.87. The molecule has 1 saturated heterocycles. The lowest BCUT2D eigenvalue weighted by Crippen LogP contribution is -2.50. The largest absolute Gasteiger partial charge is 0.451 e. The molecule has 170 valence electrons. The van der Waals surface area contributed by atoms with Crippen molar-refractivity contribution in [3.8, 4) is 0 Å². The lowest BCUT2D eigenvalue weighted by molar-refractivity contribution is 0.00558. The number of aromatic nitrogens is 1. The van der Waals surface area contributed by atoms with Crippen molar-refractivity contribution in [1.82, 2.24) is 13.7 Å². The van der Waals surface area contributed by atoms with E-state index in [-0.39, 0.29) is 37.2 Å². The van der Waals surface area contributed by atoms with Crippen LogP contribution >= 0.6 is 0 Å². The van der Waals surface area contributed by atoms with Crippen molar-refractivity contribution >= 4 is 21.8 Å². The smallest absolute Gasteiger partial charge is 0.324 e. The maximum Gasteiger partial charge on any atom is 0.324 e. The molecule has 1 fully saturated rings. The molecule has 0 bridgehead atoms. The van der Waals surface area contributed by atoms with Crippen molar-refractivity contribution in [2.45, 2.75) is 26.4 Å². The van der Waals surface area contributed by atoms with Gasteiger partial charge in [-0.25, -0.2) is 9.37 Å². The first-order valence-electron chi connectivity index (χ1n) is 9.61. The Labute approximate surface area is 180 Å². The van der Waals surface area contributed by atoms with E-state index in [2.05, 4.69) is 10.4 Å². The highest BCUT2D eigenvalue weighted by Crippen LogP contribution is 2.24. The molecule has 1 aliphatic heterocycles. The van der Waals surface area contributed by atoms with E-state index in [9.17, 15) is 17.6 Å². The Morgan fingerprint density at radius 2 is 2.13 bits per heavy atom. The summed E-state index contributed by atoms with van der Waals surface area (Å²) in [5.74, 6) is -1.37. The molecule has 0 saturated carbocycles. The Kier molecular flexibility index (Phi) is 7.26. The third kappa shape index (κ3) is 5.21. The second-order valence-corrected chi connectivity index (χ2v) is 8.89. The zero-order valence-electron chi connectivity index (χ0n) is 17.5. The number of halogens is 1. The number of hydrazine groups is 1. The van der Waals surface area contributed by atoms with E-state index in [1.54, 1.807) is 13.8 Å². The molecule has 1 amide bonds. The maximum absolute atomic E-state index is 13.9. The zero-order valence-corrected chi connectivity index (χ0v) is 18.3. The molecule has 31 heavy (non-hydrogen) atoms. The number of amides is 1. The van der Waals surface area contributed by atoms with Gasteiger partial charge in [-0.1, -0.05) is 0 Å². The second kappa shape index (κ2) is 9.73. The molecular formula is C19H25FN4O6S. The fourth-order valence-electron chi connectivity index (χ4n) is 3.11. The quantitative estimate of drug-likeness (QED) is 0.628.